The van der Waals surface area contributed by atoms with Crippen molar-refractivity contribution in [3.05, 3.63) is 58.9 Å². The third-order valence-corrected chi connectivity index (χ3v) is 6.65. The van der Waals surface area contributed by atoms with Crippen molar-refractivity contribution >= 4 is 16.5 Å². The van der Waals surface area contributed by atoms with Gasteiger partial charge < -0.3 is 24.8 Å². The zero-order valence-corrected chi connectivity index (χ0v) is 15.6. The van der Waals surface area contributed by atoms with E-state index in [4.69, 9.17) is 16.0 Å². The Morgan fingerprint density at radius 1 is 1.07 bits per heavy atom. The first kappa shape index (κ1) is 16.9. The number of hydrogen-bond donors (Lipinski definition) is 3. The molecule has 2 unspecified atom stereocenters. The Balaban J connectivity index is 1.66. The van der Waals surface area contributed by atoms with Gasteiger partial charge in [0.1, 0.15) is 23.4 Å². The van der Waals surface area contributed by atoms with Crippen LogP contribution < -0.4 is 0 Å². The summed E-state index contributed by atoms with van der Waals surface area (Å²) in [5.74, 6) is -0.223. The predicted octanol–water partition coefficient (Wildman–Crippen LogP) is 3.20. The van der Waals surface area contributed by atoms with Crippen LogP contribution in [-0.2, 0) is 20.7 Å². The van der Waals surface area contributed by atoms with Crippen LogP contribution in [0.3, 0.4) is 0 Å². The number of aliphatic hydroxyl groups excluding tert-OH is 1. The quantitative estimate of drug-likeness (QED) is 0.472. The third kappa shape index (κ3) is 1.74. The summed E-state index contributed by atoms with van der Waals surface area (Å²) in [7, 11) is 0. The van der Waals surface area contributed by atoms with Gasteiger partial charge in [-0.15, -0.1) is 0 Å². The summed E-state index contributed by atoms with van der Waals surface area (Å²) in [5.41, 5.74) is 0.236. The van der Waals surface area contributed by atoms with Gasteiger partial charge in [-0.25, -0.2) is 4.85 Å². The Bertz CT molecular complexity index is 1260. The smallest absolute Gasteiger partial charge is 0.205 e. The van der Waals surface area contributed by atoms with Crippen molar-refractivity contribution in [2.75, 3.05) is 6.61 Å². The lowest BCUT2D eigenvalue weighted by Crippen LogP contribution is -2.31. The highest BCUT2D eigenvalue weighted by Gasteiger charge is 2.79. The van der Waals surface area contributed by atoms with Gasteiger partial charge in [-0.2, -0.15) is 0 Å². The predicted molar refractivity (Wildman–Crippen MR) is 103 cm³/mol. The Labute approximate surface area is 166 Å². The fourth-order valence-electron chi connectivity index (χ4n) is 5.46. The molecule has 29 heavy (non-hydrogen) atoms. The minimum atomic E-state index is -0.970. The van der Waals surface area contributed by atoms with Crippen molar-refractivity contribution in [3.8, 4) is 17.4 Å². The van der Waals surface area contributed by atoms with Crippen molar-refractivity contribution in [1.82, 2.24) is 4.57 Å². The normalized spacial score (nSPS) is 30.9. The maximum absolute atomic E-state index is 11.3. The van der Waals surface area contributed by atoms with E-state index in [1.165, 1.54) is 4.57 Å². The molecule has 146 valence electrons. The van der Waals surface area contributed by atoms with Crippen molar-refractivity contribution in [1.29, 1.82) is 0 Å². The van der Waals surface area contributed by atoms with Crippen LogP contribution >= 0.6 is 0 Å². The Kier molecular flexibility index (Phi) is 2.97. The minimum absolute atomic E-state index is 0.102. The van der Waals surface area contributed by atoms with Crippen LogP contribution in [0.2, 0.25) is 0 Å². The molecule has 7 nitrogen and oxygen atoms in total. The first-order valence-corrected chi connectivity index (χ1v) is 9.51. The van der Waals surface area contributed by atoms with E-state index in [2.05, 4.69) is 4.85 Å². The number of benzene rings is 2. The zero-order chi connectivity index (χ0) is 20.1. The molecule has 1 aromatic heterocycles. The molecule has 2 bridgehead atoms. The third-order valence-electron chi connectivity index (χ3n) is 6.65. The van der Waals surface area contributed by atoms with Crippen LogP contribution in [0.5, 0.6) is 11.8 Å². The first-order chi connectivity index (χ1) is 14.0. The number of nitrogens with zero attached hydrogens (tertiary/aromatic N) is 2. The second kappa shape index (κ2) is 5.10. The second-order valence-corrected chi connectivity index (χ2v) is 8.04. The highest BCUT2D eigenvalue weighted by Crippen LogP contribution is 2.72. The average Bonchev–Trinajstić information content (AvgIpc) is 3.38. The lowest BCUT2D eigenvalue weighted by molar-refractivity contribution is -0.149. The van der Waals surface area contributed by atoms with Gasteiger partial charge in [0.05, 0.1) is 23.4 Å². The lowest BCUT2D eigenvalue weighted by atomic mass is 9.78. The monoisotopic (exact) mass is 390 g/mol. The summed E-state index contributed by atoms with van der Waals surface area (Å²) < 4.78 is 13.5. The molecule has 0 radical (unpaired) electrons. The number of epoxide rings is 1. The van der Waals surface area contributed by atoms with Crippen molar-refractivity contribution in [2.24, 2.45) is 0 Å². The van der Waals surface area contributed by atoms with Crippen molar-refractivity contribution < 1.29 is 24.8 Å². The van der Waals surface area contributed by atoms with Crippen LogP contribution in [0, 0.1) is 6.57 Å². The zero-order valence-electron chi connectivity index (χ0n) is 15.6. The average molecular weight is 390 g/mol. The first-order valence-electron chi connectivity index (χ1n) is 9.51. The number of fused-ring (bicyclic) bond motifs is 9. The van der Waals surface area contributed by atoms with Gasteiger partial charge in [-0.3, -0.25) is 4.57 Å². The summed E-state index contributed by atoms with van der Waals surface area (Å²) in [6, 6.07) is 10.8. The van der Waals surface area contributed by atoms with E-state index in [1.807, 2.05) is 31.2 Å². The summed E-state index contributed by atoms with van der Waals surface area (Å²) in [4.78, 5) is 3.58. The van der Waals surface area contributed by atoms with E-state index >= 15 is 0 Å². The molecule has 0 aliphatic carbocycles. The van der Waals surface area contributed by atoms with Gasteiger partial charge >= 0.3 is 0 Å². The maximum Gasteiger partial charge on any atom is 0.205 e. The summed E-state index contributed by atoms with van der Waals surface area (Å²) in [6.07, 6.45) is -0.177. The van der Waals surface area contributed by atoms with E-state index in [0.29, 0.717) is 22.5 Å². The van der Waals surface area contributed by atoms with Crippen LogP contribution in [0.1, 0.15) is 24.5 Å². The lowest BCUT2D eigenvalue weighted by Gasteiger charge is -2.27. The van der Waals surface area contributed by atoms with E-state index in [-0.39, 0.29) is 37.0 Å². The molecule has 0 saturated carbocycles. The molecule has 3 aliphatic heterocycles. The minimum Gasteiger partial charge on any atom is -0.494 e. The van der Waals surface area contributed by atoms with Gasteiger partial charge in [-0.05, 0) is 23.8 Å². The largest absolute Gasteiger partial charge is 0.494 e. The van der Waals surface area contributed by atoms with Gasteiger partial charge in [0.25, 0.3) is 0 Å². The van der Waals surface area contributed by atoms with Gasteiger partial charge in [0, 0.05) is 13.0 Å². The molecule has 0 amide bonds. The molecule has 2 aromatic carbocycles. The van der Waals surface area contributed by atoms with E-state index in [9.17, 15) is 15.3 Å². The second-order valence-electron chi connectivity index (χ2n) is 8.04. The SMILES string of the molecule is [C-]#[N+]c1ccc(-n2c(O)c3c(c2O)C2(CCO)OC3(C)[C@@H]3O[C@@H]32)c2ccccc12. The molecule has 6 rings (SSSR count). The molecular weight excluding hydrogens is 372 g/mol. The van der Waals surface area contributed by atoms with Gasteiger partial charge in [-0.1, -0.05) is 30.3 Å². The molecule has 4 atom stereocenters. The molecular formula is C22H18N2O5. The van der Waals surface area contributed by atoms with Crippen molar-refractivity contribution in [2.45, 2.75) is 36.8 Å². The van der Waals surface area contributed by atoms with Crippen LogP contribution in [0.25, 0.3) is 21.3 Å². The van der Waals surface area contributed by atoms with Crippen LogP contribution in [-0.4, -0.2) is 38.7 Å². The van der Waals surface area contributed by atoms with E-state index < -0.39 is 11.2 Å². The van der Waals surface area contributed by atoms with Crippen LogP contribution in [0.15, 0.2) is 36.4 Å². The Morgan fingerprint density at radius 3 is 2.52 bits per heavy atom. The number of rotatable bonds is 3. The number of ether oxygens (including phenoxy) is 2. The van der Waals surface area contributed by atoms with Gasteiger partial charge in [0.2, 0.25) is 11.8 Å². The fourth-order valence-corrected chi connectivity index (χ4v) is 5.46. The highest BCUT2D eigenvalue weighted by molar-refractivity contribution is 6.00. The number of aromatic nitrogens is 1. The Morgan fingerprint density at radius 2 is 1.79 bits per heavy atom. The molecule has 3 aliphatic rings. The topological polar surface area (TPSA) is 91.7 Å². The molecule has 4 heterocycles. The molecule has 2 fully saturated rings. The summed E-state index contributed by atoms with van der Waals surface area (Å²) >= 11 is 0. The summed E-state index contributed by atoms with van der Waals surface area (Å²) in [6.45, 7) is 9.14. The van der Waals surface area contributed by atoms with E-state index in [0.717, 1.165) is 10.8 Å². The molecule has 3 N–H and O–H groups in total. The maximum atomic E-state index is 11.3. The standard InChI is InChI=1S/C22H18N2O5/c1-21-15-16(22(29-21,9-10-25)18-17(21)28-18)20(27)24(19(15)26)14-8-7-13(23-2)11-5-3-4-6-12(11)14/h3-8,17-18,25-27H,9-10H2,1H3/t17-,18+,21?,22?/m1/s1. The molecule has 0 spiro atoms. The van der Waals surface area contributed by atoms with Crippen molar-refractivity contribution in [3.63, 3.8) is 0 Å². The number of hydrogen-bond acceptors (Lipinski definition) is 5. The molecule has 2 saturated heterocycles. The number of aromatic hydroxyl groups is 2. The number of aliphatic hydroxyl groups is 1. The van der Waals surface area contributed by atoms with Crippen LogP contribution in [0.4, 0.5) is 5.69 Å². The van der Waals surface area contributed by atoms with E-state index in [1.54, 1.807) is 12.1 Å². The highest BCUT2D eigenvalue weighted by atomic mass is 16.7. The fraction of sp³-hybridized carbons (Fsp3) is 0.318. The molecule has 3 aromatic rings. The molecule has 7 heteroatoms. The summed E-state index contributed by atoms with van der Waals surface area (Å²) in [5, 5.41) is 33.6. The Hall–Kier alpha value is -3.05. The van der Waals surface area contributed by atoms with Gasteiger partial charge in [0.15, 0.2) is 5.69 Å².